The number of rotatable bonds is 4. The molecule has 0 aliphatic carbocycles. The van der Waals surface area contributed by atoms with Gasteiger partial charge in [0.25, 0.3) is 0 Å². The Morgan fingerprint density at radius 2 is 2.17 bits per heavy atom. The zero-order valence-corrected chi connectivity index (χ0v) is 12.2. The van der Waals surface area contributed by atoms with E-state index >= 15 is 0 Å². The molecule has 0 aliphatic heterocycles. The minimum absolute atomic E-state index is 0.00188. The highest BCUT2D eigenvalue weighted by atomic mass is 19.4. The molecule has 0 unspecified atom stereocenters. The fraction of sp³-hybridized carbons (Fsp3) is 0.267. The van der Waals surface area contributed by atoms with Gasteiger partial charge in [0.1, 0.15) is 0 Å². The van der Waals surface area contributed by atoms with Crippen molar-refractivity contribution < 1.29 is 18.0 Å². The van der Waals surface area contributed by atoms with Crippen LogP contribution in [-0.4, -0.2) is 15.7 Å². The molecule has 0 spiro atoms. The molecule has 1 aromatic heterocycles. The van der Waals surface area contributed by atoms with E-state index in [1.807, 2.05) is 6.92 Å². The number of nitriles is 1. The molecule has 2 rings (SSSR count). The van der Waals surface area contributed by atoms with Gasteiger partial charge in [-0.2, -0.15) is 23.5 Å². The molecule has 1 heterocycles. The van der Waals surface area contributed by atoms with Gasteiger partial charge in [-0.3, -0.25) is 9.48 Å². The average Bonchev–Trinajstić information content (AvgIpc) is 2.90. The summed E-state index contributed by atoms with van der Waals surface area (Å²) in [5.74, 6) is -0.434. The second kappa shape index (κ2) is 6.52. The molecule has 0 saturated carbocycles. The quantitative estimate of drug-likeness (QED) is 0.940. The largest absolute Gasteiger partial charge is 0.417 e. The lowest BCUT2D eigenvalue weighted by Gasteiger charge is -2.11. The Balaban J connectivity index is 2.05. The molecule has 1 amide bonds. The van der Waals surface area contributed by atoms with Gasteiger partial charge in [-0.1, -0.05) is 0 Å². The van der Waals surface area contributed by atoms with Gasteiger partial charge < -0.3 is 5.32 Å². The SMILES string of the molecule is Cc1cnn(CCC(=O)Nc2ccc(C#N)c(C(F)(F)F)c2)c1. The number of aryl methyl sites for hydroxylation is 2. The van der Waals surface area contributed by atoms with Crippen molar-refractivity contribution in [3.8, 4) is 6.07 Å². The topological polar surface area (TPSA) is 70.7 Å². The normalized spacial score (nSPS) is 11.1. The zero-order valence-electron chi connectivity index (χ0n) is 12.2. The van der Waals surface area contributed by atoms with Gasteiger partial charge in [-0.05, 0) is 30.7 Å². The molecular weight excluding hydrogens is 309 g/mol. The van der Waals surface area contributed by atoms with Crippen LogP contribution in [0.1, 0.15) is 23.1 Å². The van der Waals surface area contributed by atoms with Crippen LogP contribution in [-0.2, 0) is 17.5 Å². The van der Waals surface area contributed by atoms with Crippen LogP contribution in [0.15, 0.2) is 30.6 Å². The van der Waals surface area contributed by atoms with Crippen LogP contribution < -0.4 is 5.32 Å². The number of benzene rings is 1. The van der Waals surface area contributed by atoms with Crippen molar-refractivity contribution in [1.82, 2.24) is 9.78 Å². The maximum absolute atomic E-state index is 12.8. The number of aromatic nitrogens is 2. The Bertz CT molecular complexity index is 759. The highest BCUT2D eigenvalue weighted by molar-refractivity contribution is 5.90. The standard InChI is InChI=1S/C15H13F3N4O/c1-10-8-20-22(9-10)5-4-14(23)21-12-3-2-11(7-19)13(6-12)15(16,17)18/h2-3,6,8-9H,4-5H2,1H3,(H,21,23). The third-order valence-electron chi connectivity index (χ3n) is 3.06. The summed E-state index contributed by atoms with van der Waals surface area (Å²) < 4.78 is 40.1. The Labute approximate surface area is 130 Å². The number of carbonyl (C=O) groups excluding carboxylic acids is 1. The summed E-state index contributed by atoms with van der Waals surface area (Å²) in [6.07, 6.45) is -1.17. The lowest BCUT2D eigenvalue weighted by Crippen LogP contribution is -2.16. The molecule has 120 valence electrons. The number of nitrogens with zero attached hydrogens (tertiary/aromatic N) is 3. The van der Waals surface area contributed by atoms with Crippen molar-refractivity contribution >= 4 is 11.6 Å². The molecule has 0 atom stereocenters. The van der Waals surface area contributed by atoms with Gasteiger partial charge in [-0.15, -0.1) is 0 Å². The van der Waals surface area contributed by atoms with Crippen LogP contribution in [0.5, 0.6) is 0 Å². The van der Waals surface area contributed by atoms with E-state index in [4.69, 9.17) is 5.26 Å². The van der Waals surface area contributed by atoms with E-state index in [1.165, 1.54) is 12.1 Å². The summed E-state index contributed by atoms with van der Waals surface area (Å²) in [6, 6.07) is 4.55. The minimum atomic E-state index is -4.65. The Morgan fingerprint density at radius 3 is 2.74 bits per heavy atom. The fourth-order valence-electron chi connectivity index (χ4n) is 1.98. The van der Waals surface area contributed by atoms with E-state index in [9.17, 15) is 18.0 Å². The molecule has 0 fully saturated rings. The van der Waals surface area contributed by atoms with E-state index < -0.39 is 23.2 Å². The molecule has 23 heavy (non-hydrogen) atoms. The van der Waals surface area contributed by atoms with Gasteiger partial charge >= 0.3 is 6.18 Å². The second-order valence-corrected chi connectivity index (χ2v) is 4.95. The van der Waals surface area contributed by atoms with E-state index in [-0.39, 0.29) is 12.1 Å². The zero-order chi connectivity index (χ0) is 17.0. The first kappa shape index (κ1) is 16.5. The molecule has 0 bridgehead atoms. The highest BCUT2D eigenvalue weighted by Crippen LogP contribution is 2.33. The van der Waals surface area contributed by atoms with Gasteiger partial charge in [0.15, 0.2) is 0 Å². The van der Waals surface area contributed by atoms with Crippen molar-refractivity contribution in [3.63, 3.8) is 0 Å². The molecule has 8 heteroatoms. The molecule has 0 saturated heterocycles. The van der Waals surface area contributed by atoms with Gasteiger partial charge in [-0.25, -0.2) is 0 Å². The Hall–Kier alpha value is -2.82. The maximum atomic E-state index is 12.8. The summed E-state index contributed by atoms with van der Waals surface area (Å²) >= 11 is 0. The van der Waals surface area contributed by atoms with E-state index in [0.29, 0.717) is 6.54 Å². The molecule has 0 aliphatic rings. The Kier molecular flexibility index (Phi) is 4.69. The van der Waals surface area contributed by atoms with E-state index in [2.05, 4.69) is 10.4 Å². The van der Waals surface area contributed by atoms with Crippen molar-refractivity contribution in [2.24, 2.45) is 0 Å². The molecular formula is C15H13F3N4O. The first-order valence-electron chi connectivity index (χ1n) is 6.70. The molecule has 1 aromatic carbocycles. The number of anilines is 1. The van der Waals surface area contributed by atoms with Gasteiger partial charge in [0.05, 0.1) is 23.4 Å². The van der Waals surface area contributed by atoms with Crippen molar-refractivity contribution in [3.05, 3.63) is 47.3 Å². The number of hydrogen-bond donors (Lipinski definition) is 1. The van der Waals surface area contributed by atoms with Crippen molar-refractivity contribution in [2.45, 2.75) is 26.1 Å². The highest BCUT2D eigenvalue weighted by Gasteiger charge is 2.33. The molecule has 0 radical (unpaired) electrons. The first-order valence-corrected chi connectivity index (χ1v) is 6.70. The lowest BCUT2D eigenvalue weighted by molar-refractivity contribution is -0.137. The summed E-state index contributed by atoms with van der Waals surface area (Å²) in [4.78, 5) is 11.8. The van der Waals surface area contributed by atoms with Crippen molar-refractivity contribution in [2.75, 3.05) is 5.32 Å². The predicted octanol–water partition coefficient (Wildman–Crippen LogP) is 3.11. The van der Waals surface area contributed by atoms with Crippen LogP contribution in [0.4, 0.5) is 18.9 Å². The second-order valence-electron chi connectivity index (χ2n) is 4.95. The van der Waals surface area contributed by atoms with Crippen LogP contribution in [0.25, 0.3) is 0 Å². The summed E-state index contributed by atoms with van der Waals surface area (Å²) in [6.45, 7) is 2.18. The van der Waals surface area contributed by atoms with Crippen molar-refractivity contribution in [1.29, 1.82) is 5.26 Å². The fourth-order valence-corrected chi connectivity index (χ4v) is 1.98. The van der Waals surface area contributed by atoms with Crippen LogP contribution in [0, 0.1) is 18.3 Å². The summed E-state index contributed by atoms with van der Waals surface area (Å²) in [5.41, 5.74) is -0.603. The maximum Gasteiger partial charge on any atom is 0.417 e. The number of amides is 1. The van der Waals surface area contributed by atoms with E-state index in [1.54, 1.807) is 17.1 Å². The Morgan fingerprint density at radius 1 is 1.43 bits per heavy atom. The van der Waals surface area contributed by atoms with Crippen LogP contribution >= 0.6 is 0 Å². The molecule has 1 N–H and O–H groups in total. The van der Waals surface area contributed by atoms with Crippen LogP contribution in [0.3, 0.4) is 0 Å². The first-order chi connectivity index (χ1) is 10.8. The van der Waals surface area contributed by atoms with E-state index in [0.717, 1.165) is 17.7 Å². The number of alkyl halides is 3. The van der Waals surface area contributed by atoms with Gasteiger partial charge in [0.2, 0.25) is 5.91 Å². The van der Waals surface area contributed by atoms with Crippen LogP contribution in [0.2, 0.25) is 0 Å². The number of nitrogens with one attached hydrogen (secondary N) is 1. The molecule has 5 nitrogen and oxygen atoms in total. The number of hydrogen-bond acceptors (Lipinski definition) is 3. The number of halogens is 3. The minimum Gasteiger partial charge on any atom is -0.326 e. The smallest absolute Gasteiger partial charge is 0.326 e. The summed E-state index contributed by atoms with van der Waals surface area (Å²) in [5, 5.41) is 15.1. The molecule has 2 aromatic rings. The van der Waals surface area contributed by atoms with Gasteiger partial charge in [0, 0.05) is 24.8 Å². The third-order valence-corrected chi connectivity index (χ3v) is 3.06. The lowest BCUT2D eigenvalue weighted by atomic mass is 10.1. The summed E-state index contributed by atoms with van der Waals surface area (Å²) in [7, 11) is 0. The average molecular weight is 322 g/mol. The number of carbonyl (C=O) groups is 1. The third kappa shape index (κ3) is 4.32. The predicted molar refractivity (Wildman–Crippen MR) is 76.4 cm³/mol. The monoisotopic (exact) mass is 322 g/mol.